The quantitative estimate of drug-likeness (QED) is 0.533. The Kier molecular flexibility index (Phi) is 3.03. The van der Waals surface area contributed by atoms with Gasteiger partial charge in [-0.15, -0.1) is 0 Å². The molecular formula is C15H8N2O5. The predicted molar refractivity (Wildman–Crippen MR) is 81.0 cm³/mol. The van der Waals surface area contributed by atoms with Crippen molar-refractivity contribution < 1.29 is 9.85 Å². The highest BCUT2D eigenvalue weighted by Gasteiger charge is 2.12. The van der Waals surface area contributed by atoms with E-state index in [0.717, 1.165) is 0 Å². The van der Waals surface area contributed by atoms with Crippen LogP contribution < -0.4 is 5.43 Å². The Labute approximate surface area is 122 Å². The second kappa shape index (κ2) is 4.88. The van der Waals surface area contributed by atoms with E-state index < -0.39 is 15.3 Å². The van der Waals surface area contributed by atoms with Crippen molar-refractivity contribution in [2.45, 2.75) is 0 Å². The first kappa shape index (κ1) is 13.6. The van der Waals surface area contributed by atoms with E-state index in [1.807, 2.05) is 0 Å². The minimum Gasteiger partial charge on any atom is -0.289 e. The standard InChI is InChI=1S/C15H8N2O5/c18-15-13-7-11(16(19)20)5-3-9(13)1-2-10-4-6-12(17(21)22)8-14(10)15/h1-8H. The van der Waals surface area contributed by atoms with Crippen molar-refractivity contribution in [3.05, 3.63) is 79.0 Å². The summed E-state index contributed by atoms with van der Waals surface area (Å²) >= 11 is 0. The van der Waals surface area contributed by atoms with E-state index in [2.05, 4.69) is 0 Å². The van der Waals surface area contributed by atoms with Crippen LogP contribution >= 0.6 is 0 Å². The topological polar surface area (TPSA) is 103 Å². The smallest absolute Gasteiger partial charge is 0.270 e. The number of nitro groups is 2. The maximum absolute atomic E-state index is 12.6. The molecule has 0 aliphatic heterocycles. The third-order valence-electron chi connectivity index (χ3n) is 3.43. The summed E-state index contributed by atoms with van der Waals surface area (Å²) in [5, 5.41) is 23.1. The van der Waals surface area contributed by atoms with Crippen LogP contribution in [0.3, 0.4) is 0 Å². The van der Waals surface area contributed by atoms with Crippen LogP contribution in [-0.4, -0.2) is 9.85 Å². The fourth-order valence-electron chi connectivity index (χ4n) is 2.32. The number of nitrogens with zero attached hydrogens (tertiary/aromatic N) is 2. The van der Waals surface area contributed by atoms with Crippen molar-refractivity contribution in [1.82, 2.24) is 0 Å². The van der Waals surface area contributed by atoms with Crippen molar-refractivity contribution in [2.75, 3.05) is 0 Å². The largest absolute Gasteiger partial charge is 0.289 e. The molecular weight excluding hydrogens is 288 g/mol. The van der Waals surface area contributed by atoms with Crippen LogP contribution in [0.5, 0.6) is 0 Å². The normalized spacial score (nSPS) is 10.7. The Bertz CT molecular complexity index is 934. The van der Waals surface area contributed by atoms with Gasteiger partial charge < -0.3 is 0 Å². The van der Waals surface area contributed by atoms with Crippen LogP contribution in [-0.2, 0) is 0 Å². The van der Waals surface area contributed by atoms with Crippen molar-refractivity contribution in [3.8, 4) is 0 Å². The number of hydrogen-bond donors (Lipinski definition) is 0. The van der Waals surface area contributed by atoms with Gasteiger partial charge in [-0.2, -0.15) is 0 Å². The Hall–Kier alpha value is -3.35. The molecule has 0 aliphatic rings. The lowest BCUT2D eigenvalue weighted by Gasteiger charge is -1.94. The SMILES string of the molecule is O=c1c2cc([N+](=O)[O-])ccc2ccc2ccc([N+](=O)[O-])cc12. The second-order valence-electron chi connectivity index (χ2n) is 4.72. The average Bonchev–Trinajstić information content (AvgIpc) is 2.64. The average molecular weight is 296 g/mol. The lowest BCUT2D eigenvalue weighted by Crippen LogP contribution is -2.00. The minimum absolute atomic E-state index is 0.157. The molecule has 0 saturated carbocycles. The maximum Gasteiger partial charge on any atom is 0.270 e. The highest BCUT2D eigenvalue weighted by Crippen LogP contribution is 2.22. The van der Waals surface area contributed by atoms with Gasteiger partial charge in [-0.25, -0.2) is 0 Å². The molecule has 3 aromatic rings. The van der Waals surface area contributed by atoms with E-state index >= 15 is 0 Å². The highest BCUT2D eigenvalue weighted by molar-refractivity contribution is 5.94. The summed E-state index contributed by atoms with van der Waals surface area (Å²) in [6.45, 7) is 0. The number of rotatable bonds is 2. The Balaban J connectivity index is 2.48. The molecule has 22 heavy (non-hydrogen) atoms. The van der Waals surface area contributed by atoms with Gasteiger partial charge in [0.2, 0.25) is 0 Å². The van der Waals surface area contributed by atoms with Crippen LogP contribution in [0.15, 0.2) is 53.3 Å². The zero-order valence-corrected chi connectivity index (χ0v) is 11.1. The first-order valence-electron chi connectivity index (χ1n) is 6.27. The summed E-state index contributed by atoms with van der Waals surface area (Å²) in [5.74, 6) is 0. The Morgan fingerprint density at radius 2 is 1.05 bits per heavy atom. The monoisotopic (exact) mass is 296 g/mol. The van der Waals surface area contributed by atoms with Crippen molar-refractivity contribution in [1.29, 1.82) is 0 Å². The third-order valence-corrected chi connectivity index (χ3v) is 3.43. The van der Waals surface area contributed by atoms with Crippen LogP contribution in [0, 0.1) is 20.2 Å². The summed E-state index contributed by atoms with van der Waals surface area (Å²) in [5.41, 5.74) is -0.869. The van der Waals surface area contributed by atoms with Gasteiger partial charge in [0.25, 0.3) is 11.4 Å². The molecule has 7 heteroatoms. The summed E-state index contributed by atoms with van der Waals surface area (Å²) in [4.78, 5) is 33.1. The highest BCUT2D eigenvalue weighted by atomic mass is 16.6. The van der Waals surface area contributed by atoms with Crippen molar-refractivity contribution in [2.24, 2.45) is 0 Å². The molecule has 0 unspecified atom stereocenters. The van der Waals surface area contributed by atoms with Crippen LogP contribution in [0.4, 0.5) is 11.4 Å². The van der Waals surface area contributed by atoms with Crippen LogP contribution in [0.1, 0.15) is 0 Å². The van der Waals surface area contributed by atoms with Gasteiger partial charge in [0, 0.05) is 35.0 Å². The molecule has 7 nitrogen and oxygen atoms in total. The molecule has 0 radical (unpaired) electrons. The van der Waals surface area contributed by atoms with Gasteiger partial charge in [0.05, 0.1) is 9.85 Å². The van der Waals surface area contributed by atoms with Gasteiger partial charge in [0.1, 0.15) is 0 Å². The van der Waals surface area contributed by atoms with E-state index in [-0.39, 0.29) is 22.1 Å². The summed E-state index contributed by atoms with van der Waals surface area (Å²) in [7, 11) is 0. The molecule has 3 aromatic carbocycles. The van der Waals surface area contributed by atoms with Crippen molar-refractivity contribution in [3.63, 3.8) is 0 Å². The second-order valence-corrected chi connectivity index (χ2v) is 4.72. The van der Waals surface area contributed by atoms with Gasteiger partial charge in [-0.3, -0.25) is 25.0 Å². The molecule has 0 aromatic heterocycles. The third kappa shape index (κ3) is 2.14. The zero-order valence-electron chi connectivity index (χ0n) is 11.1. The van der Waals surface area contributed by atoms with Gasteiger partial charge in [-0.1, -0.05) is 12.1 Å². The Morgan fingerprint density at radius 3 is 1.41 bits per heavy atom. The molecule has 0 spiro atoms. The van der Waals surface area contributed by atoms with Gasteiger partial charge >= 0.3 is 0 Å². The van der Waals surface area contributed by atoms with E-state index in [0.29, 0.717) is 10.8 Å². The maximum atomic E-state index is 12.6. The number of benzene rings is 2. The fraction of sp³-hybridized carbons (Fsp3) is 0. The van der Waals surface area contributed by atoms with E-state index in [1.165, 1.54) is 36.4 Å². The lowest BCUT2D eigenvalue weighted by molar-refractivity contribution is -0.384. The first-order chi connectivity index (χ1) is 10.5. The molecule has 0 aliphatic carbocycles. The number of hydrogen-bond acceptors (Lipinski definition) is 5. The summed E-state index contributed by atoms with van der Waals surface area (Å²) in [6, 6.07) is 11.3. The molecule has 0 N–H and O–H groups in total. The molecule has 0 bridgehead atoms. The Morgan fingerprint density at radius 1 is 0.682 bits per heavy atom. The summed E-state index contributed by atoms with van der Waals surface area (Å²) in [6.07, 6.45) is 0. The molecule has 3 rings (SSSR count). The summed E-state index contributed by atoms with van der Waals surface area (Å²) < 4.78 is 0. The molecule has 0 fully saturated rings. The van der Waals surface area contributed by atoms with E-state index in [9.17, 15) is 25.0 Å². The van der Waals surface area contributed by atoms with Crippen LogP contribution in [0.2, 0.25) is 0 Å². The molecule has 0 saturated heterocycles. The van der Waals surface area contributed by atoms with Gasteiger partial charge in [-0.05, 0) is 22.9 Å². The van der Waals surface area contributed by atoms with E-state index in [1.54, 1.807) is 12.1 Å². The van der Waals surface area contributed by atoms with Crippen LogP contribution in [0.25, 0.3) is 21.5 Å². The number of non-ortho nitro benzene ring substituents is 2. The number of fused-ring (bicyclic) bond motifs is 2. The van der Waals surface area contributed by atoms with Crippen molar-refractivity contribution >= 4 is 32.9 Å². The lowest BCUT2D eigenvalue weighted by atomic mass is 10.1. The van der Waals surface area contributed by atoms with Gasteiger partial charge in [0.15, 0.2) is 5.43 Å². The molecule has 0 amide bonds. The fourth-order valence-corrected chi connectivity index (χ4v) is 2.32. The first-order valence-corrected chi connectivity index (χ1v) is 6.27. The molecule has 108 valence electrons. The number of nitro benzene ring substituents is 2. The molecule has 0 heterocycles. The molecule has 0 atom stereocenters. The predicted octanol–water partition coefficient (Wildman–Crippen LogP) is 3.17. The minimum atomic E-state index is -0.587. The zero-order chi connectivity index (χ0) is 15.9. The van der Waals surface area contributed by atoms with E-state index in [4.69, 9.17) is 0 Å².